The highest BCUT2D eigenvalue weighted by molar-refractivity contribution is 6.35. The number of carbonyl (C=O) groups excluding carboxylic acids is 2. The summed E-state index contributed by atoms with van der Waals surface area (Å²) in [6, 6.07) is 14.0. The van der Waals surface area contributed by atoms with E-state index in [-0.39, 0.29) is 11.7 Å². The van der Waals surface area contributed by atoms with Gasteiger partial charge in [0.1, 0.15) is 17.1 Å². The number of amides is 2. The maximum Gasteiger partial charge on any atom is 0.266 e. The first-order chi connectivity index (χ1) is 15.3. The van der Waals surface area contributed by atoms with Crippen LogP contribution in [-0.2, 0) is 4.79 Å². The normalized spacial score (nSPS) is 11.7. The molecule has 0 aliphatic carbocycles. The van der Waals surface area contributed by atoms with Gasteiger partial charge in [0.15, 0.2) is 6.10 Å². The lowest BCUT2D eigenvalue weighted by molar-refractivity contribution is -0.122. The fraction of sp³-hybridized carbons (Fsp3) is 0.261. The van der Waals surface area contributed by atoms with Gasteiger partial charge in [-0.3, -0.25) is 9.59 Å². The Morgan fingerprint density at radius 1 is 1.12 bits per heavy atom. The van der Waals surface area contributed by atoms with Crippen LogP contribution in [0, 0.1) is 0 Å². The van der Waals surface area contributed by atoms with E-state index in [4.69, 9.17) is 27.9 Å². The first kappa shape index (κ1) is 23.6. The lowest BCUT2D eigenvalue weighted by atomic mass is 10.2. The molecule has 0 bridgehead atoms. The fourth-order valence-electron chi connectivity index (χ4n) is 3.10. The molecule has 2 aromatic carbocycles. The minimum atomic E-state index is -0.899. The zero-order chi connectivity index (χ0) is 23.3. The van der Waals surface area contributed by atoms with E-state index in [1.807, 2.05) is 44.2 Å². The summed E-state index contributed by atoms with van der Waals surface area (Å²) in [6.45, 7) is 6.46. The molecular weight excluding hydrogens is 451 g/mol. The van der Waals surface area contributed by atoms with Crippen molar-refractivity contribution in [1.29, 1.82) is 0 Å². The highest BCUT2D eigenvalue weighted by Crippen LogP contribution is 2.29. The molecule has 32 heavy (non-hydrogen) atoms. The molecule has 0 radical (unpaired) electrons. The Kier molecular flexibility index (Phi) is 7.77. The van der Waals surface area contributed by atoms with Gasteiger partial charge in [-0.25, -0.2) is 4.68 Å². The molecule has 1 heterocycles. The molecule has 0 fully saturated rings. The number of ether oxygens (including phenoxy) is 1. The number of anilines is 1. The van der Waals surface area contributed by atoms with Crippen molar-refractivity contribution in [3.63, 3.8) is 0 Å². The number of para-hydroxylation sites is 1. The SMILES string of the molecule is CCN(CC)C(=O)c1cnn(-c2ccccc2)c1NC(=O)C(C)Oc1ccc(Cl)cc1Cl. The lowest BCUT2D eigenvalue weighted by Gasteiger charge is -2.20. The molecule has 0 aliphatic heterocycles. The van der Waals surface area contributed by atoms with Crippen LogP contribution in [0.25, 0.3) is 5.69 Å². The van der Waals surface area contributed by atoms with Crippen molar-refractivity contribution < 1.29 is 14.3 Å². The van der Waals surface area contributed by atoms with E-state index in [2.05, 4.69) is 10.4 Å². The summed E-state index contributed by atoms with van der Waals surface area (Å²) < 4.78 is 7.24. The number of rotatable bonds is 8. The third-order valence-electron chi connectivity index (χ3n) is 4.86. The minimum absolute atomic E-state index is 0.221. The summed E-state index contributed by atoms with van der Waals surface area (Å²) in [5, 5.41) is 7.93. The molecule has 0 saturated carbocycles. The number of halogens is 2. The second kappa shape index (κ2) is 10.5. The zero-order valence-corrected chi connectivity index (χ0v) is 19.5. The molecule has 3 rings (SSSR count). The summed E-state index contributed by atoms with van der Waals surface area (Å²) in [6.07, 6.45) is 0.564. The van der Waals surface area contributed by atoms with Gasteiger partial charge in [-0.15, -0.1) is 0 Å². The summed E-state index contributed by atoms with van der Waals surface area (Å²) >= 11 is 12.1. The van der Waals surface area contributed by atoms with Crippen molar-refractivity contribution in [2.45, 2.75) is 26.9 Å². The average Bonchev–Trinajstić information content (AvgIpc) is 3.20. The topological polar surface area (TPSA) is 76.5 Å². The van der Waals surface area contributed by atoms with Gasteiger partial charge in [-0.05, 0) is 51.1 Å². The van der Waals surface area contributed by atoms with Crippen LogP contribution < -0.4 is 10.1 Å². The Bertz CT molecular complexity index is 1100. The molecule has 0 spiro atoms. The predicted octanol–water partition coefficient (Wildman–Crippen LogP) is 5.07. The fourth-order valence-corrected chi connectivity index (χ4v) is 3.56. The van der Waals surface area contributed by atoms with Crippen molar-refractivity contribution in [3.8, 4) is 11.4 Å². The van der Waals surface area contributed by atoms with Gasteiger partial charge in [0.05, 0.1) is 16.9 Å². The molecule has 7 nitrogen and oxygen atoms in total. The van der Waals surface area contributed by atoms with Crippen molar-refractivity contribution in [2.75, 3.05) is 18.4 Å². The van der Waals surface area contributed by atoms with Gasteiger partial charge >= 0.3 is 0 Å². The second-order valence-electron chi connectivity index (χ2n) is 6.96. The van der Waals surface area contributed by atoms with Crippen LogP contribution in [0.5, 0.6) is 5.75 Å². The van der Waals surface area contributed by atoms with Gasteiger partial charge < -0.3 is 15.0 Å². The molecule has 1 aromatic heterocycles. The molecule has 0 saturated heterocycles. The number of carbonyl (C=O) groups is 2. The van der Waals surface area contributed by atoms with Crippen LogP contribution in [0.1, 0.15) is 31.1 Å². The molecule has 2 amide bonds. The average molecular weight is 475 g/mol. The molecular formula is C23H24Cl2N4O3. The van der Waals surface area contributed by atoms with Crippen molar-refractivity contribution >= 4 is 40.8 Å². The van der Waals surface area contributed by atoms with E-state index in [9.17, 15) is 9.59 Å². The van der Waals surface area contributed by atoms with Crippen molar-refractivity contribution in [2.24, 2.45) is 0 Å². The zero-order valence-electron chi connectivity index (χ0n) is 18.0. The van der Waals surface area contributed by atoms with Gasteiger partial charge in [-0.2, -0.15) is 5.10 Å². The molecule has 3 aromatic rings. The first-order valence-corrected chi connectivity index (χ1v) is 11.0. The molecule has 0 aliphatic rings. The Balaban J connectivity index is 1.91. The Morgan fingerprint density at radius 2 is 1.81 bits per heavy atom. The third-order valence-corrected chi connectivity index (χ3v) is 5.39. The largest absolute Gasteiger partial charge is 0.479 e. The first-order valence-electron chi connectivity index (χ1n) is 10.2. The highest BCUT2D eigenvalue weighted by Gasteiger charge is 2.26. The number of hydrogen-bond donors (Lipinski definition) is 1. The molecule has 9 heteroatoms. The van der Waals surface area contributed by atoms with Crippen LogP contribution in [0.3, 0.4) is 0 Å². The highest BCUT2D eigenvalue weighted by atomic mass is 35.5. The summed E-state index contributed by atoms with van der Waals surface area (Å²) in [7, 11) is 0. The molecule has 1 unspecified atom stereocenters. The van der Waals surface area contributed by atoms with Gasteiger partial charge in [0.25, 0.3) is 11.8 Å². The number of hydrogen-bond acceptors (Lipinski definition) is 4. The van der Waals surface area contributed by atoms with Crippen LogP contribution in [0.15, 0.2) is 54.7 Å². The number of nitrogens with one attached hydrogen (secondary N) is 1. The molecule has 1 N–H and O–H groups in total. The summed E-state index contributed by atoms with van der Waals surface area (Å²) in [5.41, 5.74) is 0.998. The Labute approximate surface area is 196 Å². The molecule has 168 valence electrons. The summed E-state index contributed by atoms with van der Waals surface area (Å²) in [4.78, 5) is 27.7. The van der Waals surface area contributed by atoms with Crippen LogP contribution in [-0.4, -0.2) is 45.7 Å². The van der Waals surface area contributed by atoms with Crippen LogP contribution >= 0.6 is 23.2 Å². The lowest BCUT2D eigenvalue weighted by Crippen LogP contribution is -2.34. The minimum Gasteiger partial charge on any atom is -0.479 e. The third kappa shape index (κ3) is 5.23. The van der Waals surface area contributed by atoms with Gasteiger partial charge in [-0.1, -0.05) is 41.4 Å². The van der Waals surface area contributed by atoms with Crippen LogP contribution in [0.2, 0.25) is 10.0 Å². The number of nitrogens with zero attached hydrogens (tertiary/aromatic N) is 3. The van der Waals surface area contributed by atoms with Crippen molar-refractivity contribution in [1.82, 2.24) is 14.7 Å². The van der Waals surface area contributed by atoms with E-state index in [0.29, 0.717) is 40.1 Å². The smallest absolute Gasteiger partial charge is 0.266 e. The van der Waals surface area contributed by atoms with Gasteiger partial charge in [0, 0.05) is 18.1 Å². The number of aromatic nitrogens is 2. The van der Waals surface area contributed by atoms with E-state index < -0.39 is 12.0 Å². The van der Waals surface area contributed by atoms with E-state index in [1.165, 1.54) is 16.9 Å². The van der Waals surface area contributed by atoms with E-state index >= 15 is 0 Å². The number of benzene rings is 2. The monoisotopic (exact) mass is 474 g/mol. The maximum atomic E-state index is 13.1. The van der Waals surface area contributed by atoms with Gasteiger partial charge in [0.2, 0.25) is 0 Å². The molecule has 1 atom stereocenters. The Morgan fingerprint density at radius 3 is 2.44 bits per heavy atom. The standard InChI is InChI=1S/C23H24Cl2N4O3/c1-4-28(5-2)23(31)18-14-26-29(17-9-7-6-8-10-17)21(18)27-22(30)15(3)32-20-12-11-16(24)13-19(20)25/h6-15H,4-5H2,1-3H3,(H,27,30). The quantitative estimate of drug-likeness (QED) is 0.494. The predicted molar refractivity (Wildman–Crippen MR) is 126 cm³/mol. The second-order valence-corrected chi connectivity index (χ2v) is 7.80. The summed E-state index contributed by atoms with van der Waals surface area (Å²) in [5.74, 6) is -0.0745. The Hall–Kier alpha value is -3.03. The van der Waals surface area contributed by atoms with E-state index in [0.717, 1.165) is 0 Å². The van der Waals surface area contributed by atoms with Crippen LogP contribution in [0.4, 0.5) is 5.82 Å². The van der Waals surface area contributed by atoms with E-state index in [1.54, 1.807) is 24.0 Å². The maximum absolute atomic E-state index is 13.1. The van der Waals surface area contributed by atoms with Crippen molar-refractivity contribution in [3.05, 3.63) is 70.3 Å².